The number of nitrogens with one attached hydrogen (secondary N) is 1. The molecule has 2 amide bonds. The molecular formula is C23H29N3O3. The third kappa shape index (κ3) is 4.10. The van der Waals surface area contributed by atoms with Crippen molar-refractivity contribution in [2.75, 3.05) is 20.2 Å². The molecule has 1 saturated heterocycles. The van der Waals surface area contributed by atoms with Crippen molar-refractivity contribution in [3.8, 4) is 11.8 Å². The van der Waals surface area contributed by atoms with E-state index in [2.05, 4.69) is 17.5 Å². The molecule has 154 valence electrons. The van der Waals surface area contributed by atoms with E-state index in [1.165, 1.54) is 5.56 Å². The number of nitrogens with zero attached hydrogens (tertiary/aromatic N) is 2. The Kier molecular flexibility index (Phi) is 5.49. The van der Waals surface area contributed by atoms with Gasteiger partial charge in [-0.25, -0.2) is 0 Å². The van der Waals surface area contributed by atoms with Crippen LogP contribution in [-0.2, 0) is 9.59 Å². The Balaban J connectivity index is 1.42. The van der Waals surface area contributed by atoms with Crippen molar-refractivity contribution < 1.29 is 14.3 Å². The lowest BCUT2D eigenvalue weighted by molar-refractivity contribution is -0.143. The quantitative estimate of drug-likeness (QED) is 0.831. The van der Waals surface area contributed by atoms with Gasteiger partial charge in [-0.1, -0.05) is 25.0 Å². The van der Waals surface area contributed by atoms with Crippen LogP contribution in [0.4, 0.5) is 0 Å². The zero-order valence-corrected chi connectivity index (χ0v) is 17.0. The van der Waals surface area contributed by atoms with Crippen molar-refractivity contribution >= 4 is 11.8 Å². The molecule has 0 spiro atoms. The second kappa shape index (κ2) is 8.06. The maximum Gasteiger partial charge on any atom is 0.226 e. The lowest BCUT2D eigenvalue weighted by atomic mass is 9.77. The summed E-state index contributed by atoms with van der Waals surface area (Å²) < 4.78 is 5.33. The van der Waals surface area contributed by atoms with E-state index < -0.39 is 5.54 Å². The SMILES string of the molecule is COc1cccc(C2CCN(C(=O)[C@@H]3CCCC[C@H]3C(=O)NC3(C#N)CC3)C2)c1. The molecular weight excluding hydrogens is 366 g/mol. The Morgan fingerprint density at radius 3 is 2.66 bits per heavy atom. The maximum absolute atomic E-state index is 13.3. The van der Waals surface area contributed by atoms with Gasteiger partial charge in [0.25, 0.3) is 0 Å². The summed E-state index contributed by atoms with van der Waals surface area (Å²) in [4.78, 5) is 28.1. The fraction of sp³-hybridized carbons (Fsp3) is 0.609. The molecule has 1 aromatic carbocycles. The van der Waals surface area contributed by atoms with Crippen LogP contribution >= 0.6 is 0 Å². The van der Waals surface area contributed by atoms with Crippen molar-refractivity contribution in [1.29, 1.82) is 5.26 Å². The lowest BCUT2D eigenvalue weighted by Crippen LogP contribution is -2.47. The minimum absolute atomic E-state index is 0.106. The predicted octanol–water partition coefficient (Wildman–Crippen LogP) is 2.99. The van der Waals surface area contributed by atoms with Crippen LogP contribution in [0.2, 0.25) is 0 Å². The van der Waals surface area contributed by atoms with Gasteiger partial charge in [-0.15, -0.1) is 0 Å². The average molecular weight is 396 g/mol. The van der Waals surface area contributed by atoms with Crippen molar-refractivity contribution in [3.05, 3.63) is 29.8 Å². The number of hydrogen-bond donors (Lipinski definition) is 1. The highest BCUT2D eigenvalue weighted by Crippen LogP contribution is 2.38. The number of rotatable bonds is 5. The molecule has 29 heavy (non-hydrogen) atoms. The molecule has 1 heterocycles. The summed E-state index contributed by atoms with van der Waals surface area (Å²) in [7, 11) is 1.66. The Morgan fingerprint density at radius 2 is 1.97 bits per heavy atom. The number of benzene rings is 1. The van der Waals surface area contributed by atoms with Gasteiger partial charge in [0, 0.05) is 30.8 Å². The fourth-order valence-electron chi connectivity index (χ4n) is 4.82. The summed E-state index contributed by atoms with van der Waals surface area (Å²) in [6.45, 7) is 1.42. The fourth-order valence-corrected chi connectivity index (χ4v) is 4.82. The summed E-state index contributed by atoms with van der Waals surface area (Å²) >= 11 is 0. The van der Waals surface area contributed by atoms with Crippen LogP contribution in [0.25, 0.3) is 0 Å². The Morgan fingerprint density at radius 1 is 1.21 bits per heavy atom. The van der Waals surface area contributed by atoms with Crippen LogP contribution in [0.15, 0.2) is 24.3 Å². The molecule has 0 radical (unpaired) electrons. The number of nitriles is 1. The molecule has 4 rings (SSSR count). The summed E-state index contributed by atoms with van der Waals surface area (Å²) in [5.74, 6) is 0.573. The van der Waals surface area contributed by atoms with Crippen LogP contribution in [-0.4, -0.2) is 42.5 Å². The van der Waals surface area contributed by atoms with Gasteiger partial charge in [0.2, 0.25) is 11.8 Å². The zero-order valence-electron chi connectivity index (χ0n) is 17.0. The topological polar surface area (TPSA) is 82.4 Å². The standard InChI is InChI=1S/C23H29N3O3/c1-29-18-6-4-5-16(13-18)17-9-12-26(14-17)22(28)20-8-3-2-7-19(20)21(27)25-23(15-24)10-11-23/h4-6,13,17,19-20H,2-3,7-12,14H2,1H3,(H,25,27)/t17?,19-,20-/m1/s1. The van der Waals surface area contributed by atoms with E-state index in [1.807, 2.05) is 23.1 Å². The smallest absolute Gasteiger partial charge is 0.226 e. The van der Waals surface area contributed by atoms with E-state index in [-0.39, 0.29) is 23.7 Å². The van der Waals surface area contributed by atoms with E-state index in [0.717, 1.165) is 57.2 Å². The zero-order chi connectivity index (χ0) is 20.4. The van der Waals surface area contributed by atoms with Crippen LogP contribution in [0.5, 0.6) is 5.75 Å². The van der Waals surface area contributed by atoms with E-state index >= 15 is 0 Å². The molecule has 1 aliphatic heterocycles. The first-order valence-corrected chi connectivity index (χ1v) is 10.7. The van der Waals surface area contributed by atoms with E-state index in [0.29, 0.717) is 12.5 Å². The number of amides is 2. The predicted molar refractivity (Wildman–Crippen MR) is 108 cm³/mol. The van der Waals surface area contributed by atoms with Crippen LogP contribution in [0.1, 0.15) is 56.4 Å². The highest BCUT2D eigenvalue weighted by Gasteiger charge is 2.47. The number of likely N-dealkylation sites (tertiary alicyclic amines) is 1. The largest absolute Gasteiger partial charge is 0.497 e. The first kappa shape index (κ1) is 19.8. The van der Waals surface area contributed by atoms with Gasteiger partial charge in [0.1, 0.15) is 11.3 Å². The van der Waals surface area contributed by atoms with Gasteiger partial charge < -0.3 is 15.0 Å². The number of carbonyl (C=O) groups is 2. The monoisotopic (exact) mass is 395 g/mol. The van der Waals surface area contributed by atoms with Gasteiger partial charge >= 0.3 is 0 Å². The second-order valence-electron chi connectivity index (χ2n) is 8.73. The van der Waals surface area contributed by atoms with Gasteiger partial charge in [-0.05, 0) is 49.8 Å². The summed E-state index contributed by atoms with van der Waals surface area (Å²) in [5.41, 5.74) is 0.523. The molecule has 3 atom stereocenters. The molecule has 3 aliphatic rings. The molecule has 2 saturated carbocycles. The normalized spacial score (nSPS) is 27.7. The number of ether oxygens (including phenoxy) is 1. The lowest BCUT2D eigenvalue weighted by Gasteiger charge is -2.33. The summed E-state index contributed by atoms with van der Waals surface area (Å²) in [6, 6.07) is 10.3. The van der Waals surface area contributed by atoms with Gasteiger partial charge in [-0.3, -0.25) is 9.59 Å². The highest BCUT2D eigenvalue weighted by atomic mass is 16.5. The molecule has 3 fully saturated rings. The number of carbonyl (C=O) groups excluding carboxylic acids is 2. The van der Waals surface area contributed by atoms with Gasteiger partial charge in [0.15, 0.2) is 0 Å². The first-order chi connectivity index (χ1) is 14.0. The van der Waals surface area contributed by atoms with Crippen molar-refractivity contribution in [2.45, 2.75) is 56.4 Å². The summed E-state index contributed by atoms with van der Waals surface area (Å²) in [6.07, 6.45) is 5.81. The van der Waals surface area contributed by atoms with Gasteiger partial charge in [-0.2, -0.15) is 5.26 Å². The third-order valence-electron chi connectivity index (χ3n) is 6.81. The minimum atomic E-state index is -0.673. The average Bonchev–Trinajstić information content (AvgIpc) is 3.36. The van der Waals surface area contributed by atoms with E-state index in [4.69, 9.17) is 4.74 Å². The summed E-state index contributed by atoms with van der Waals surface area (Å²) in [5, 5.41) is 12.2. The molecule has 1 N–H and O–H groups in total. The van der Waals surface area contributed by atoms with Crippen LogP contribution < -0.4 is 10.1 Å². The molecule has 1 aromatic rings. The molecule has 6 nitrogen and oxygen atoms in total. The Bertz CT molecular complexity index is 827. The minimum Gasteiger partial charge on any atom is -0.497 e. The van der Waals surface area contributed by atoms with E-state index in [1.54, 1.807) is 7.11 Å². The third-order valence-corrected chi connectivity index (χ3v) is 6.81. The van der Waals surface area contributed by atoms with Crippen LogP contribution in [0, 0.1) is 23.2 Å². The second-order valence-corrected chi connectivity index (χ2v) is 8.73. The number of methoxy groups -OCH3 is 1. The number of hydrogen-bond acceptors (Lipinski definition) is 4. The Hall–Kier alpha value is -2.55. The van der Waals surface area contributed by atoms with Crippen molar-refractivity contribution in [1.82, 2.24) is 10.2 Å². The molecule has 0 aromatic heterocycles. The first-order valence-electron chi connectivity index (χ1n) is 10.7. The van der Waals surface area contributed by atoms with Crippen molar-refractivity contribution in [3.63, 3.8) is 0 Å². The highest BCUT2D eigenvalue weighted by molar-refractivity contribution is 5.89. The van der Waals surface area contributed by atoms with Gasteiger partial charge in [0.05, 0.1) is 13.2 Å². The van der Waals surface area contributed by atoms with Crippen molar-refractivity contribution in [2.24, 2.45) is 11.8 Å². The maximum atomic E-state index is 13.3. The molecule has 0 bridgehead atoms. The van der Waals surface area contributed by atoms with Crippen LogP contribution in [0.3, 0.4) is 0 Å². The Labute approximate surface area is 172 Å². The van der Waals surface area contributed by atoms with E-state index in [9.17, 15) is 14.9 Å². The molecule has 2 aliphatic carbocycles. The molecule has 6 heteroatoms. The molecule has 1 unspecified atom stereocenters.